The summed E-state index contributed by atoms with van der Waals surface area (Å²) in [6.07, 6.45) is 9.36. The van der Waals surface area contributed by atoms with Gasteiger partial charge in [-0.05, 0) is 0 Å². The van der Waals surface area contributed by atoms with E-state index >= 15 is 0 Å². The van der Waals surface area contributed by atoms with Gasteiger partial charge in [0.25, 0.3) is 0 Å². The van der Waals surface area contributed by atoms with Crippen molar-refractivity contribution in [2.45, 2.75) is 79.1 Å². The van der Waals surface area contributed by atoms with E-state index in [2.05, 4.69) is 38.5 Å². The number of nitrogens with zero attached hydrogens (tertiary/aromatic N) is 2. The Bertz CT molecular complexity index is 370. The third-order valence-electron chi connectivity index (χ3n) is 4.14. The zero-order valence-electron chi connectivity index (χ0n) is 16.6. The third kappa shape index (κ3) is 11.0. The topological polar surface area (TPSA) is 56.8 Å². The second kappa shape index (κ2) is 16.2. The molecule has 0 aromatic carbocycles. The molecule has 0 saturated carbocycles. The monoisotopic (exact) mass is 600 g/mol. The van der Waals surface area contributed by atoms with Crippen molar-refractivity contribution >= 4 is 54.8 Å². The van der Waals surface area contributed by atoms with Crippen LogP contribution in [0.5, 0.6) is 0 Å². The Morgan fingerprint density at radius 1 is 0.640 bits per heavy atom. The summed E-state index contributed by atoms with van der Waals surface area (Å²) in [7, 11) is -2.26. The van der Waals surface area contributed by atoms with Crippen LogP contribution in [0.15, 0.2) is 0 Å². The molecule has 0 aromatic heterocycles. The number of thiocyanates is 2. The predicted molar refractivity (Wildman–Crippen MR) is 118 cm³/mol. The van der Waals surface area contributed by atoms with Gasteiger partial charge in [0.2, 0.25) is 0 Å². The molecule has 0 amide bonds. The summed E-state index contributed by atoms with van der Waals surface area (Å²) < 4.78 is 6.50. The standard InChI is InChI=1S/2C9H18NS.O.2Sn/c2*1-3-5-7-11(9-10)8-6-4-2;;;/h2*3-8H2,1-2H3;;;/q2*+1;;2*-1. The minimum atomic E-state index is -1.13. The summed E-state index contributed by atoms with van der Waals surface area (Å²) in [5, 5.41) is 25.3. The summed E-state index contributed by atoms with van der Waals surface area (Å²) in [6.45, 7) is 8.85. The predicted octanol–water partition coefficient (Wildman–Crippen LogP) is 5.84. The first-order chi connectivity index (χ1) is 12.1. The van der Waals surface area contributed by atoms with E-state index in [1.807, 2.05) is 0 Å². The van der Waals surface area contributed by atoms with Crippen LogP contribution in [-0.2, 0) is 1.41 Å². The first-order valence-corrected chi connectivity index (χ1v) is 22.9. The Balaban J connectivity index is 4.90. The van der Waals surface area contributed by atoms with Gasteiger partial charge in [0.15, 0.2) is 0 Å². The van der Waals surface area contributed by atoms with Gasteiger partial charge in [0.05, 0.1) is 0 Å². The fraction of sp³-hybridized carbons (Fsp3) is 0.889. The van der Waals surface area contributed by atoms with Crippen LogP contribution < -0.4 is 0 Å². The van der Waals surface area contributed by atoms with E-state index in [9.17, 15) is 10.5 Å². The summed E-state index contributed by atoms with van der Waals surface area (Å²) in [5.74, 6) is 4.41. The summed E-state index contributed by atoms with van der Waals surface area (Å²) in [6, 6.07) is 0. The van der Waals surface area contributed by atoms with E-state index in [0.717, 1.165) is 23.0 Å². The molecule has 0 bridgehead atoms. The van der Waals surface area contributed by atoms with Gasteiger partial charge in [-0.25, -0.2) is 0 Å². The van der Waals surface area contributed by atoms with Crippen molar-refractivity contribution in [3.8, 4) is 10.8 Å². The van der Waals surface area contributed by atoms with Crippen LogP contribution in [0.25, 0.3) is 0 Å². The van der Waals surface area contributed by atoms with Gasteiger partial charge in [-0.3, -0.25) is 0 Å². The molecule has 0 N–H and O–H groups in total. The molecular formula is C18H36N2OS2Sn2. The summed E-state index contributed by atoms with van der Waals surface area (Å²) >= 11 is -2.23. The van der Waals surface area contributed by atoms with Crippen molar-refractivity contribution in [3.63, 3.8) is 0 Å². The van der Waals surface area contributed by atoms with E-state index in [0.29, 0.717) is 0 Å². The number of nitriles is 2. The maximum atomic E-state index is 9.91. The van der Waals surface area contributed by atoms with Crippen molar-refractivity contribution in [1.82, 2.24) is 0 Å². The number of rotatable bonds is 16. The molecular weight excluding hydrogens is 562 g/mol. The Labute approximate surface area is 178 Å². The molecule has 0 aliphatic rings. The van der Waals surface area contributed by atoms with Crippen molar-refractivity contribution in [2.24, 2.45) is 0 Å². The average molecular weight is 598 g/mol. The molecule has 0 spiro atoms. The first kappa shape index (κ1) is 26.2. The quantitative estimate of drug-likeness (QED) is 0.166. The Morgan fingerprint density at radius 3 is 1.12 bits per heavy atom. The third-order valence-corrected chi connectivity index (χ3v) is 34.6. The second-order valence-electron chi connectivity index (χ2n) is 6.45. The van der Waals surface area contributed by atoms with Crippen LogP contribution in [0.1, 0.15) is 79.1 Å². The van der Waals surface area contributed by atoms with Gasteiger partial charge in [-0.15, -0.1) is 0 Å². The fourth-order valence-corrected chi connectivity index (χ4v) is 43.3. The fourth-order valence-electron chi connectivity index (χ4n) is 2.33. The van der Waals surface area contributed by atoms with E-state index < -0.39 is 54.8 Å². The summed E-state index contributed by atoms with van der Waals surface area (Å²) in [5.41, 5.74) is 0. The normalized spacial score (nSPS) is 13.2. The van der Waals surface area contributed by atoms with Crippen LogP contribution in [0.3, 0.4) is 0 Å². The minimum absolute atomic E-state index is 1.10. The van der Waals surface area contributed by atoms with Crippen molar-refractivity contribution in [2.75, 3.05) is 23.0 Å². The van der Waals surface area contributed by atoms with Crippen LogP contribution >= 0.6 is 14.4 Å². The molecule has 0 unspecified atom stereocenters. The Hall–Kier alpha value is 1.24. The number of hydrogen-bond donors (Lipinski definition) is 0. The Morgan fingerprint density at radius 2 is 0.920 bits per heavy atom. The molecule has 0 fully saturated rings. The van der Waals surface area contributed by atoms with E-state index in [1.54, 1.807) is 0 Å². The molecule has 0 rings (SSSR count). The van der Waals surface area contributed by atoms with E-state index in [1.165, 1.54) is 51.4 Å². The van der Waals surface area contributed by atoms with E-state index in [-0.39, 0.29) is 0 Å². The van der Waals surface area contributed by atoms with Gasteiger partial charge >= 0.3 is 180 Å². The van der Waals surface area contributed by atoms with Crippen molar-refractivity contribution in [3.05, 3.63) is 0 Å². The Kier molecular flexibility index (Phi) is 17.0. The molecule has 0 aromatic rings. The van der Waals surface area contributed by atoms with E-state index in [4.69, 9.17) is 1.41 Å². The van der Waals surface area contributed by atoms with Crippen LogP contribution in [0.2, 0.25) is 0 Å². The molecule has 7 heteroatoms. The zero-order valence-corrected chi connectivity index (χ0v) is 23.9. The molecule has 0 saturated heterocycles. The number of unbranched alkanes of at least 4 members (excludes halogenated alkanes) is 4. The van der Waals surface area contributed by atoms with Gasteiger partial charge in [-0.1, -0.05) is 0 Å². The molecule has 0 aliphatic heterocycles. The van der Waals surface area contributed by atoms with Crippen LogP contribution in [0.4, 0.5) is 0 Å². The van der Waals surface area contributed by atoms with Crippen molar-refractivity contribution in [1.29, 1.82) is 10.5 Å². The maximum absolute atomic E-state index is 9.91. The molecule has 3 nitrogen and oxygen atoms in total. The van der Waals surface area contributed by atoms with Crippen LogP contribution in [0, 0.1) is 21.3 Å². The van der Waals surface area contributed by atoms with Gasteiger partial charge in [0, 0.05) is 0 Å². The first-order valence-electron chi connectivity index (χ1n) is 9.66. The molecule has 4 radical (unpaired) electrons. The summed E-state index contributed by atoms with van der Waals surface area (Å²) in [4.78, 5) is 0. The molecule has 0 aliphatic carbocycles. The number of hydrogen-bond acceptors (Lipinski definition) is 3. The molecule has 0 heterocycles. The second-order valence-corrected chi connectivity index (χ2v) is 33.0. The molecule has 25 heavy (non-hydrogen) atoms. The zero-order chi connectivity index (χ0) is 19.0. The molecule has 0 atom stereocenters. The van der Waals surface area contributed by atoms with Gasteiger partial charge < -0.3 is 0 Å². The SMILES string of the molecule is CCCC[S](C#N)(CCCC)[Sn][O][Sn][S](C#N)(CCCC)CCCC. The van der Waals surface area contributed by atoms with Gasteiger partial charge in [0.1, 0.15) is 0 Å². The average Bonchev–Trinajstić information content (AvgIpc) is 2.65. The van der Waals surface area contributed by atoms with Gasteiger partial charge in [-0.2, -0.15) is 0 Å². The van der Waals surface area contributed by atoms with Crippen LogP contribution in [-0.4, -0.2) is 63.4 Å². The van der Waals surface area contributed by atoms with Crippen molar-refractivity contribution < 1.29 is 1.41 Å². The molecule has 144 valence electrons.